The number of carboxylic acid groups (broad SMARTS) is 1. The summed E-state index contributed by atoms with van der Waals surface area (Å²) >= 11 is 3.15. The van der Waals surface area contributed by atoms with Gasteiger partial charge < -0.3 is 10.4 Å². The minimum absolute atomic E-state index is 0.00749. The van der Waals surface area contributed by atoms with Crippen LogP contribution in [-0.2, 0) is 9.59 Å². The molecule has 1 aromatic carbocycles. The Labute approximate surface area is 112 Å². The Bertz CT molecular complexity index is 540. The second-order valence-corrected chi connectivity index (χ2v) is 4.55. The van der Waals surface area contributed by atoms with Gasteiger partial charge in [0, 0.05) is 15.6 Å². The number of amides is 1. The van der Waals surface area contributed by atoms with Crippen LogP contribution in [0.3, 0.4) is 0 Å². The van der Waals surface area contributed by atoms with Crippen molar-refractivity contribution in [2.75, 3.05) is 5.32 Å². The molecule has 0 aliphatic carbocycles. The van der Waals surface area contributed by atoms with E-state index in [-0.39, 0.29) is 16.8 Å². The molecule has 0 spiro atoms. The minimum Gasteiger partial charge on any atom is -0.478 e. The van der Waals surface area contributed by atoms with E-state index in [1.807, 2.05) is 0 Å². The van der Waals surface area contributed by atoms with Crippen LogP contribution in [0.15, 0.2) is 33.8 Å². The average Bonchev–Trinajstić information content (AvgIpc) is 2.31. The number of carboxylic acids is 1. The zero-order chi connectivity index (χ0) is 13.9. The largest absolute Gasteiger partial charge is 0.478 e. The number of carbonyl (C=O) groups is 2. The molecule has 0 aliphatic heterocycles. The van der Waals surface area contributed by atoms with Gasteiger partial charge in [0.15, 0.2) is 0 Å². The number of rotatable bonds is 3. The number of hydrogen-bond acceptors (Lipinski definition) is 2. The van der Waals surface area contributed by atoms with Crippen molar-refractivity contribution in [3.05, 3.63) is 39.6 Å². The second-order valence-electron chi connectivity index (χ2n) is 3.63. The molecule has 0 radical (unpaired) electrons. The molecule has 18 heavy (non-hydrogen) atoms. The Balaban J connectivity index is 2.98. The van der Waals surface area contributed by atoms with Gasteiger partial charge in [-0.25, -0.2) is 9.18 Å². The Hall–Kier alpha value is -1.69. The maximum Gasteiger partial charge on any atom is 0.331 e. The molecular formula is C12H11BrFNO3. The number of anilines is 1. The van der Waals surface area contributed by atoms with Crippen LogP contribution >= 0.6 is 15.9 Å². The highest BCUT2D eigenvalue weighted by Gasteiger charge is 2.14. The highest BCUT2D eigenvalue weighted by atomic mass is 79.9. The predicted octanol–water partition coefficient (Wildman–Crippen LogP) is 2.95. The molecule has 0 aliphatic rings. The van der Waals surface area contributed by atoms with E-state index in [0.29, 0.717) is 4.47 Å². The van der Waals surface area contributed by atoms with E-state index in [0.717, 1.165) is 0 Å². The van der Waals surface area contributed by atoms with Gasteiger partial charge >= 0.3 is 5.97 Å². The lowest BCUT2D eigenvalue weighted by Gasteiger charge is -2.08. The van der Waals surface area contributed by atoms with E-state index in [9.17, 15) is 14.0 Å². The third-order valence-corrected chi connectivity index (χ3v) is 2.89. The van der Waals surface area contributed by atoms with E-state index < -0.39 is 17.7 Å². The molecule has 1 aromatic rings. The van der Waals surface area contributed by atoms with Crippen molar-refractivity contribution in [3.8, 4) is 0 Å². The van der Waals surface area contributed by atoms with Crippen LogP contribution in [0.1, 0.15) is 13.8 Å². The molecule has 0 aromatic heterocycles. The second kappa shape index (κ2) is 5.77. The summed E-state index contributed by atoms with van der Waals surface area (Å²) in [4.78, 5) is 22.4. The maximum atomic E-state index is 13.4. The van der Waals surface area contributed by atoms with E-state index in [2.05, 4.69) is 21.2 Å². The Morgan fingerprint density at radius 3 is 2.44 bits per heavy atom. The number of hydrogen-bond donors (Lipinski definition) is 2. The number of halogens is 2. The van der Waals surface area contributed by atoms with Crippen LogP contribution in [-0.4, -0.2) is 17.0 Å². The van der Waals surface area contributed by atoms with Gasteiger partial charge in [0.05, 0.1) is 5.69 Å². The molecule has 0 fully saturated rings. The van der Waals surface area contributed by atoms with Gasteiger partial charge in [-0.3, -0.25) is 4.79 Å². The third kappa shape index (κ3) is 3.40. The lowest BCUT2D eigenvalue weighted by molar-refractivity contribution is -0.133. The highest BCUT2D eigenvalue weighted by molar-refractivity contribution is 9.10. The average molecular weight is 316 g/mol. The van der Waals surface area contributed by atoms with Crippen molar-refractivity contribution in [1.82, 2.24) is 0 Å². The summed E-state index contributed by atoms with van der Waals surface area (Å²) in [7, 11) is 0. The van der Waals surface area contributed by atoms with Crippen molar-refractivity contribution in [2.45, 2.75) is 13.8 Å². The summed E-state index contributed by atoms with van der Waals surface area (Å²) in [5.41, 5.74) is -0.0586. The fourth-order valence-electron chi connectivity index (χ4n) is 1.14. The zero-order valence-corrected chi connectivity index (χ0v) is 11.3. The Morgan fingerprint density at radius 2 is 1.89 bits per heavy atom. The van der Waals surface area contributed by atoms with Gasteiger partial charge in [0.2, 0.25) is 0 Å². The maximum absolute atomic E-state index is 13.4. The molecule has 1 amide bonds. The fourth-order valence-corrected chi connectivity index (χ4v) is 1.50. The van der Waals surface area contributed by atoms with Crippen LogP contribution in [0.2, 0.25) is 0 Å². The van der Waals surface area contributed by atoms with Crippen LogP contribution in [0.4, 0.5) is 10.1 Å². The van der Waals surface area contributed by atoms with Crippen LogP contribution < -0.4 is 5.32 Å². The molecule has 0 saturated heterocycles. The van der Waals surface area contributed by atoms with Crippen molar-refractivity contribution < 1.29 is 19.1 Å². The first-order chi connectivity index (χ1) is 8.32. The highest BCUT2D eigenvalue weighted by Crippen LogP contribution is 2.20. The van der Waals surface area contributed by atoms with Crippen molar-refractivity contribution in [3.63, 3.8) is 0 Å². The summed E-state index contributed by atoms with van der Waals surface area (Å²) in [6, 6.07) is 4.09. The normalized spacial score (nSPS) is 11.8. The first-order valence-corrected chi connectivity index (χ1v) is 5.79. The quantitative estimate of drug-likeness (QED) is 0.843. The molecule has 0 bridgehead atoms. The summed E-state index contributed by atoms with van der Waals surface area (Å²) in [5, 5.41) is 11.1. The van der Waals surface area contributed by atoms with Crippen molar-refractivity contribution >= 4 is 33.5 Å². The number of aliphatic carboxylic acids is 1. The predicted molar refractivity (Wildman–Crippen MR) is 68.7 cm³/mol. The van der Waals surface area contributed by atoms with Gasteiger partial charge in [-0.15, -0.1) is 0 Å². The minimum atomic E-state index is -1.18. The Morgan fingerprint density at radius 1 is 1.28 bits per heavy atom. The standard InChI is InChI=1S/C12H11BrFNO3/c1-6(7(2)12(17)18)11(16)15-10-5-8(13)3-4-9(10)14/h3-5H,1-2H3,(H,15,16)(H,17,18). The topological polar surface area (TPSA) is 66.4 Å². The molecule has 6 heteroatoms. The van der Waals surface area contributed by atoms with Crippen LogP contribution in [0.5, 0.6) is 0 Å². The van der Waals surface area contributed by atoms with Crippen LogP contribution in [0.25, 0.3) is 0 Å². The number of carbonyl (C=O) groups excluding carboxylic acids is 1. The summed E-state index contributed by atoms with van der Waals surface area (Å²) in [6.07, 6.45) is 0. The molecule has 0 heterocycles. The monoisotopic (exact) mass is 315 g/mol. The van der Waals surface area contributed by atoms with Gasteiger partial charge in [-0.05, 0) is 32.0 Å². The van der Waals surface area contributed by atoms with Crippen molar-refractivity contribution in [1.29, 1.82) is 0 Å². The van der Waals surface area contributed by atoms with Gasteiger partial charge in [-0.1, -0.05) is 15.9 Å². The third-order valence-electron chi connectivity index (χ3n) is 2.40. The molecule has 1 rings (SSSR count). The van der Waals surface area contributed by atoms with Gasteiger partial charge in [0.25, 0.3) is 5.91 Å². The lowest BCUT2D eigenvalue weighted by atomic mass is 10.1. The first kappa shape index (κ1) is 14.4. The number of nitrogens with one attached hydrogen (secondary N) is 1. The first-order valence-electron chi connectivity index (χ1n) is 5.00. The molecule has 0 saturated carbocycles. The molecule has 2 N–H and O–H groups in total. The lowest BCUT2D eigenvalue weighted by Crippen LogP contribution is -2.17. The molecule has 4 nitrogen and oxygen atoms in total. The van der Waals surface area contributed by atoms with Crippen molar-refractivity contribution in [2.24, 2.45) is 0 Å². The molecule has 96 valence electrons. The van der Waals surface area contributed by atoms with E-state index in [1.165, 1.54) is 32.0 Å². The summed E-state index contributed by atoms with van der Waals surface area (Å²) < 4.78 is 14.0. The SMILES string of the molecule is CC(C(=O)O)=C(C)C(=O)Nc1cc(Br)ccc1F. The summed E-state index contributed by atoms with van der Waals surface area (Å²) in [5.74, 6) is -2.42. The zero-order valence-electron chi connectivity index (χ0n) is 9.75. The number of benzene rings is 1. The van der Waals surface area contributed by atoms with E-state index in [4.69, 9.17) is 5.11 Å². The Kier molecular flexibility index (Phi) is 4.61. The molecular weight excluding hydrogens is 305 g/mol. The van der Waals surface area contributed by atoms with E-state index in [1.54, 1.807) is 0 Å². The van der Waals surface area contributed by atoms with Gasteiger partial charge in [-0.2, -0.15) is 0 Å². The molecule has 0 atom stereocenters. The summed E-state index contributed by atoms with van der Waals surface area (Å²) in [6.45, 7) is 2.68. The molecule has 0 unspecified atom stereocenters. The van der Waals surface area contributed by atoms with Crippen LogP contribution in [0, 0.1) is 5.82 Å². The van der Waals surface area contributed by atoms with Gasteiger partial charge in [0.1, 0.15) is 5.82 Å². The smallest absolute Gasteiger partial charge is 0.331 e. The van der Waals surface area contributed by atoms with E-state index >= 15 is 0 Å². The fraction of sp³-hybridized carbons (Fsp3) is 0.167.